The van der Waals surface area contributed by atoms with Crippen LogP contribution >= 0.6 is 0 Å². The fourth-order valence-corrected chi connectivity index (χ4v) is 1.92. The molecule has 0 atom stereocenters. The minimum Gasteiger partial charge on any atom is -0.507 e. The molecule has 0 unspecified atom stereocenters. The van der Waals surface area contributed by atoms with Gasteiger partial charge in [-0.2, -0.15) is 13.2 Å². The van der Waals surface area contributed by atoms with Gasteiger partial charge in [0.05, 0.1) is 11.0 Å². The number of alkyl halides is 3. The van der Waals surface area contributed by atoms with Crippen LogP contribution in [0, 0.1) is 5.41 Å². The molecule has 2 rings (SSSR count). The fourth-order valence-electron chi connectivity index (χ4n) is 1.92. The molecule has 0 aliphatic heterocycles. The molecule has 24 heavy (non-hydrogen) atoms. The zero-order chi connectivity index (χ0) is 18.1. The molecule has 3 nitrogen and oxygen atoms in total. The molecule has 2 aromatic rings. The molecule has 0 radical (unpaired) electrons. The quantitative estimate of drug-likeness (QED) is 0.617. The van der Waals surface area contributed by atoms with Gasteiger partial charge in [0, 0.05) is 11.6 Å². The molecule has 2 aromatic carbocycles. The molecule has 0 spiro atoms. The van der Waals surface area contributed by atoms with Gasteiger partial charge < -0.3 is 9.84 Å². The summed E-state index contributed by atoms with van der Waals surface area (Å²) < 4.78 is 42.9. The van der Waals surface area contributed by atoms with Gasteiger partial charge in [0.2, 0.25) is 0 Å². The van der Waals surface area contributed by atoms with Crippen LogP contribution in [-0.4, -0.2) is 11.1 Å². The minimum absolute atomic E-state index is 0.170. The molecule has 0 saturated heterocycles. The molecule has 0 aromatic heterocycles. The number of rotatable bonds is 2. The Hall–Kier alpha value is -2.50. The van der Waals surface area contributed by atoms with Gasteiger partial charge in [0.25, 0.3) is 0 Å². The molecule has 0 bridgehead atoms. The largest absolute Gasteiger partial charge is 0.507 e. The van der Waals surface area contributed by atoms with Crippen molar-refractivity contribution in [3.8, 4) is 22.6 Å². The predicted molar refractivity (Wildman–Crippen MR) is 83.6 cm³/mol. The third-order valence-electron chi connectivity index (χ3n) is 3.32. The number of ether oxygens (including phenoxy) is 1. The van der Waals surface area contributed by atoms with E-state index in [1.807, 2.05) is 0 Å². The lowest BCUT2D eigenvalue weighted by molar-refractivity contribution is -0.143. The van der Waals surface area contributed by atoms with Crippen LogP contribution in [0.15, 0.2) is 42.5 Å². The van der Waals surface area contributed by atoms with E-state index in [0.717, 1.165) is 12.1 Å². The van der Waals surface area contributed by atoms with Crippen molar-refractivity contribution in [2.24, 2.45) is 5.41 Å². The second-order valence-corrected chi connectivity index (χ2v) is 6.39. The Balaban J connectivity index is 2.26. The maximum atomic E-state index is 12.6. The molecule has 0 fully saturated rings. The van der Waals surface area contributed by atoms with Crippen molar-refractivity contribution in [1.29, 1.82) is 0 Å². The van der Waals surface area contributed by atoms with Crippen molar-refractivity contribution < 1.29 is 27.8 Å². The van der Waals surface area contributed by atoms with Crippen LogP contribution < -0.4 is 4.74 Å². The van der Waals surface area contributed by atoms with Crippen LogP contribution in [0.25, 0.3) is 11.1 Å². The van der Waals surface area contributed by atoms with E-state index in [1.54, 1.807) is 20.8 Å². The van der Waals surface area contributed by atoms with Gasteiger partial charge in [-0.3, -0.25) is 4.79 Å². The average Bonchev–Trinajstić information content (AvgIpc) is 2.45. The standard InChI is InChI=1S/C18H17F3O3/c1-17(2,3)16(23)24-13-8-9-14(15(22)10-13)11-4-6-12(7-5-11)18(19,20)21/h4-10,22H,1-3H3. The number of aromatic hydroxyl groups is 1. The summed E-state index contributed by atoms with van der Waals surface area (Å²) in [6.45, 7) is 5.10. The highest BCUT2D eigenvalue weighted by Gasteiger charge is 2.30. The number of carbonyl (C=O) groups excluding carboxylic acids is 1. The Morgan fingerprint density at radius 2 is 1.58 bits per heavy atom. The number of halogens is 3. The number of esters is 1. The number of benzene rings is 2. The van der Waals surface area contributed by atoms with E-state index >= 15 is 0 Å². The molecule has 6 heteroatoms. The lowest BCUT2D eigenvalue weighted by Gasteiger charge is -2.16. The molecular formula is C18H17F3O3. The van der Waals surface area contributed by atoms with E-state index in [2.05, 4.69) is 0 Å². The monoisotopic (exact) mass is 338 g/mol. The Kier molecular flexibility index (Phi) is 4.60. The van der Waals surface area contributed by atoms with Gasteiger partial charge in [-0.05, 0) is 50.6 Å². The zero-order valence-corrected chi connectivity index (χ0v) is 13.4. The first-order valence-corrected chi connectivity index (χ1v) is 7.21. The van der Waals surface area contributed by atoms with Crippen molar-refractivity contribution in [3.05, 3.63) is 48.0 Å². The fraction of sp³-hybridized carbons (Fsp3) is 0.278. The highest BCUT2D eigenvalue weighted by Crippen LogP contribution is 2.35. The molecule has 128 valence electrons. The second kappa shape index (κ2) is 6.19. The lowest BCUT2D eigenvalue weighted by Crippen LogP contribution is -2.25. The summed E-state index contributed by atoms with van der Waals surface area (Å²) in [7, 11) is 0. The summed E-state index contributed by atoms with van der Waals surface area (Å²) in [6, 6.07) is 8.68. The number of hydrogen-bond donors (Lipinski definition) is 1. The SMILES string of the molecule is CC(C)(C)C(=O)Oc1ccc(-c2ccc(C(F)(F)F)cc2)c(O)c1. The minimum atomic E-state index is -4.41. The third-order valence-corrected chi connectivity index (χ3v) is 3.32. The summed E-state index contributed by atoms with van der Waals surface area (Å²) in [5.74, 6) is -0.471. The van der Waals surface area contributed by atoms with E-state index in [1.165, 1.54) is 30.3 Å². The van der Waals surface area contributed by atoms with Gasteiger partial charge >= 0.3 is 12.1 Å². The molecule has 1 N–H and O–H groups in total. The van der Waals surface area contributed by atoms with Crippen LogP contribution in [-0.2, 0) is 11.0 Å². The predicted octanol–water partition coefficient (Wildman–Crippen LogP) is 5.03. The van der Waals surface area contributed by atoms with Crippen molar-refractivity contribution in [2.45, 2.75) is 26.9 Å². The topological polar surface area (TPSA) is 46.5 Å². The van der Waals surface area contributed by atoms with Crippen LogP contribution in [0.2, 0.25) is 0 Å². The van der Waals surface area contributed by atoms with Gasteiger partial charge in [-0.1, -0.05) is 12.1 Å². The number of hydrogen-bond acceptors (Lipinski definition) is 3. The third kappa shape index (κ3) is 4.07. The first kappa shape index (κ1) is 17.8. The Labute approximate surface area is 137 Å². The molecule has 0 aliphatic carbocycles. The Morgan fingerprint density at radius 3 is 2.04 bits per heavy atom. The lowest BCUT2D eigenvalue weighted by atomic mass is 9.97. The van der Waals surface area contributed by atoms with Crippen molar-refractivity contribution in [3.63, 3.8) is 0 Å². The van der Waals surface area contributed by atoms with Gasteiger partial charge in [0.1, 0.15) is 11.5 Å². The van der Waals surface area contributed by atoms with Crippen LogP contribution in [0.1, 0.15) is 26.3 Å². The first-order valence-electron chi connectivity index (χ1n) is 7.21. The molecule has 0 heterocycles. The van der Waals surface area contributed by atoms with Gasteiger partial charge in [-0.15, -0.1) is 0 Å². The molecule has 0 aliphatic rings. The van der Waals surface area contributed by atoms with Crippen molar-refractivity contribution in [1.82, 2.24) is 0 Å². The number of phenolic OH excluding ortho intramolecular Hbond substituents is 1. The Bertz CT molecular complexity index is 742. The van der Waals surface area contributed by atoms with Crippen LogP contribution in [0.5, 0.6) is 11.5 Å². The van der Waals surface area contributed by atoms with E-state index in [0.29, 0.717) is 11.1 Å². The first-order chi connectivity index (χ1) is 11.0. The highest BCUT2D eigenvalue weighted by molar-refractivity contribution is 5.79. The second-order valence-electron chi connectivity index (χ2n) is 6.39. The van der Waals surface area contributed by atoms with Crippen LogP contribution in [0.4, 0.5) is 13.2 Å². The van der Waals surface area contributed by atoms with Gasteiger partial charge in [0.15, 0.2) is 0 Å². The summed E-state index contributed by atoms with van der Waals surface area (Å²) in [5.41, 5.74) is -0.684. The number of phenols is 1. The maximum absolute atomic E-state index is 12.6. The van der Waals surface area contributed by atoms with E-state index in [9.17, 15) is 23.1 Å². The van der Waals surface area contributed by atoms with Crippen molar-refractivity contribution >= 4 is 5.97 Å². The smallest absolute Gasteiger partial charge is 0.416 e. The molecule has 0 amide bonds. The molecule has 0 saturated carbocycles. The average molecular weight is 338 g/mol. The zero-order valence-electron chi connectivity index (χ0n) is 13.4. The van der Waals surface area contributed by atoms with Crippen LogP contribution in [0.3, 0.4) is 0 Å². The summed E-state index contributed by atoms with van der Waals surface area (Å²) in [6.07, 6.45) is -4.41. The normalized spacial score (nSPS) is 12.1. The summed E-state index contributed by atoms with van der Waals surface area (Å²) in [4.78, 5) is 11.8. The van der Waals surface area contributed by atoms with Gasteiger partial charge in [-0.25, -0.2) is 0 Å². The highest BCUT2D eigenvalue weighted by atomic mass is 19.4. The van der Waals surface area contributed by atoms with Crippen molar-refractivity contribution in [2.75, 3.05) is 0 Å². The summed E-state index contributed by atoms with van der Waals surface area (Å²) in [5, 5.41) is 10.1. The van der Waals surface area contributed by atoms with E-state index < -0.39 is 23.1 Å². The molecular weight excluding hydrogens is 321 g/mol. The van der Waals surface area contributed by atoms with E-state index in [4.69, 9.17) is 4.74 Å². The summed E-state index contributed by atoms with van der Waals surface area (Å²) >= 11 is 0. The maximum Gasteiger partial charge on any atom is 0.416 e. The number of carbonyl (C=O) groups is 1. The Morgan fingerprint density at radius 1 is 1.00 bits per heavy atom. The van der Waals surface area contributed by atoms with E-state index in [-0.39, 0.29) is 11.5 Å².